The highest BCUT2D eigenvalue weighted by Gasteiger charge is 2.11. The molecular weight excluding hydrogens is 288 g/mol. The molecule has 1 unspecified atom stereocenters. The average molecular weight is 309 g/mol. The van der Waals surface area contributed by atoms with Gasteiger partial charge in [-0.25, -0.2) is 4.98 Å². The molecule has 0 aliphatic carbocycles. The Morgan fingerprint density at radius 2 is 2.05 bits per heavy atom. The number of thioether (sulfide) groups is 1. The second-order valence-corrected chi connectivity index (χ2v) is 6.76. The molecule has 0 aliphatic heterocycles. The maximum Gasteiger partial charge on any atom is 0.0946 e. The summed E-state index contributed by atoms with van der Waals surface area (Å²) in [4.78, 5) is 5.41. The molecule has 2 nitrogen and oxygen atoms in total. The molecule has 0 N–H and O–H groups in total. The van der Waals surface area contributed by atoms with Gasteiger partial charge in [0.15, 0.2) is 0 Å². The molecule has 1 heterocycles. The Morgan fingerprint density at radius 3 is 2.70 bits per heavy atom. The van der Waals surface area contributed by atoms with E-state index in [1.54, 1.807) is 0 Å². The van der Waals surface area contributed by atoms with Gasteiger partial charge in [-0.2, -0.15) is 0 Å². The van der Waals surface area contributed by atoms with Gasteiger partial charge in [0.1, 0.15) is 0 Å². The van der Waals surface area contributed by atoms with Gasteiger partial charge in [-0.05, 0) is 30.7 Å². The van der Waals surface area contributed by atoms with Gasteiger partial charge in [0.2, 0.25) is 0 Å². The van der Waals surface area contributed by atoms with Crippen LogP contribution in [0.5, 0.6) is 0 Å². The SMILES string of the molecule is CCCCCC(Cn1ccnc1)Sc1ccc(Cl)cc1. The van der Waals surface area contributed by atoms with Crippen LogP contribution in [0.15, 0.2) is 47.9 Å². The Bertz CT molecular complexity index is 482. The number of nitrogens with zero attached hydrogens (tertiary/aromatic N) is 2. The third-order valence-corrected chi connectivity index (χ3v) is 4.73. The van der Waals surface area contributed by atoms with Gasteiger partial charge in [0, 0.05) is 34.1 Å². The van der Waals surface area contributed by atoms with Crippen LogP contribution in [0.1, 0.15) is 32.6 Å². The fraction of sp³-hybridized carbons (Fsp3) is 0.438. The van der Waals surface area contributed by atoms with E-state index in [1.807, 2.05) is 42.6 Å². The van der Waals surface area contributed by atoms with Crippen molar-refractivity contribution >= 4 is 23.4 Å². The molecule has 108 valence electrons. The molecule has 0 fully saturated rings. The van der Waals surface area contributed by atoms with E-state index in [1.165, 1.54) is 30.6 Å². The first-order chi connectivity index (χ1) is 9.78. The number of hydrogen-bond donors (Lipinski definition) is 0. The van der Waals surface area contributed by atoms with Gasteiger partial charge < -0.3 is 4.57 Å². The minimum absolute atomic E-state index is 0.580. The summed E-state index contributed by atoms with van der Waals surface area (Å²) in [5, 5.41) is 1.38. The van der Waals surface area contributed by atoms with E-state index in [-0.39, 0.29) is 0 Å². The average Bonchev–Trinajstić information content (AvgIpc) is 2.94. The quantitative estimate of drug-likeness (QED) is 0.488. The van der Waals surface area contributed by atoms with E-state index in [4.69, 9.17) is 11.6 Å². The lowest BCUT2D eigenvalue weighted by Crippen LogP contribution is -2.12. The minimum Gasteiger partial charge on any atom is -0.336 e. The van der Waals surface area contributed by atoms with Crippen molar-refractivity contribution in [3.8, 4) is 0 Å². The van der Waals surface area contributed by atoms with E-state index in [0.29, 0.717) is 5.25 Å². The number of imidazole rings is 1. The Morgan fingerprint density at radius 1 is 1.25 bits per heavy atom. The Hall–Kier alpha value is -0.930. The summed E-state index contributed by atoms with van der Waals surface area (Å²) in [5.41, 5.74) is 0. The molecule has 0 saturated carbocycles. The van der Waals surface area contributed by atoms with Gasteiger partial charge in [0.25, 0.3) is 0 Å². The molecule has 4 heteroatoms. The predicted molar refractivity (Wildman–Crippen MR) is 87.5 cm³/mol. The summed E-state index contributed by atoms with van der Waals surface area (Å²) in [6.07, 6.45) is 10.9. The van der Waals surface area contributed by atoms with Crippen molar-refractivity contribution in [2.24, 2.45) is 0 Å². The molecule has 20 heavy (non-hydrogen) atoms. The normalized spacial score (nSPS) is 12.5. The van der Waals surface area contributed by atoms with Crippen LogP contribution < -0.4 is 0 Å². The topological polar surface area (TPSA) is 17.8 Å². The largest absolute Gasteiger partial charge is 0.336 e. The van der Waals surface area contributed by atoms with Crippen LogP contribution in [0.25, 0.3) is 0 Å². The van der Waals surface area contributed by atoms with Crippen molar-refractivity contribution in [3.05, 3.63) is 48.0 Å². The molecule has 2 aromatic rings. The van der Waals surface area contributed by atoms with Crippen molar-refractivity contribution in [2.75, 3.05) is 0 Å². The van der Waals surface area contributed by atoms with Gasteiger partial charge in [-0.3, -0.25) is 0 Å². The first-order valence-corrected chi connectivity index (χ1v) is 8.41. The molecule has 0 spiro atoms. The first kappa shape index (κ1) is 15.5. The highest BCUT2D eigenvalue weighted by atomic mass is 35.5. The zero-order valence-electron chi connectivity index (χ0n) is 11.8. The number of unbranched alkanes of at least 4 members (excludes halogenated alkanes) is 2. The molecule has 1 atom stereocenters. The van der Waals surface area contributed by atoms with E-state index >= 15 is 0 Å². The molecule has 0 radical (unpaired) electrons. The van der Waals surface area contributed by atoms with Crippen LogP contribution in [-0.2, 0) is 6.54 Å². The fourth-order valence-electron chi connectivity index (χ4n) is 2.14. The number of rotatable bonds is 8. The number of benzene rings is 1. The monoisotopic (exact) mass is 308 g/mol. The van der Waals surface area contributed by atoms with Gasteiger partial charge in [-0.1, -0.05) is 37.8 Å². The highest BCUT2D eigenvalue weighted by Crippen LogP contribution is 2.29. The minimum atomic E-state index is 0.580. The van der Waals surface area contributed by atoms with Crippen molar-refractivity contribution in [1.82, 2.24) is 9.55 Å². The summed E-state index contributed by atoms with van der Waals surface area (Å²) in [7, 11) is 0. The smallest absolute Gasteiger partial charge is 0.0946 e. The third kappa shape index (κ3) is 5.22. The van der Waals surface area contributed by atoms with E-state index in [2.05, 4.69) is 28.6 Å². The van der Waals surface area contributed by atoms with E-state index < -0.39 is 0 Å². The standard InChI is InChI=1S/C16H21ClN2S/c1-2-3-4-5-16(12-19-11-10-18-13-19)20-15-8-6-14(17)7-9-15/h6-11,13,16H,2-5,12H2,1H3. The zero-order chi connectivity index (χ0) is 14.2. The van der Waals surface area contributed by atoms with Crippen LogP contribution in [-0.4, -0.2) is 14.8 Å². The Balaban J connectivity index is 1.95. The van der Waals surface area contributed by atoms with Crippen LogP contribution >= 0.6 is 23.4 Å². The molecular formula is C16H21ClN2S. The first-order valence-electron chi connectivity index (χ1n) is 7.16. The van der Waals surface area contributed by atoms with Crippen molar-refractivity contribution < 1.29 is 0 Å². The summed E-state index contributed by atoms with van der Waals surface area (Å²) < 4.78 is 2.17. The maximum absolute atomic E-state index is 5.94. The summed E-state index contributed by atoms with van der Waals surface area (Å²) >= 11 is 7.88. The zero-order valence-corrected chi connectivity index (χ0v) is 13.4. The lowest BCUT2D eigenvalue weighted by atomic mass is 10.1. The lowest BCUT2D eigenvalue weighted by molar-refractivity contribution is 0.581. The molecule has 1 aromatic carbocycles. The van der Waals surface area contributed by atoms with Crippen LogP contribution in [0.4, 0.5) is 0 Å². The van der Waals surface area contributed by atoms with Crippen molar-refractivity contribution in [2.45, 2.75) is 49.3 Å². The third-order valence-electron chi connectivity index (χ3n) is 3.22. The second-order valence-electron chi connectivity index (χ2n) is 4.95. The van der Waals surface area contributed by atoms with E-state index in [9.17, 15) is 0 Å². The summed E-state index contributed by atoms with van der Waals surface area (Å²) in [5.74, 6) is 0. The molecule has 0 bridgehead atoms. The maximum atomic E-state index is 5.94. The Labute approximate surface area is 130 Å². The van der Waals surface area contributed by atoms with E-state index in [0.717, 1.165) is 11.6 Å². The van der Waals surface area contributed by atoms with Crippen LogP contribution in [0.3, 0.4) is 0 Å². The van der Waals surface area contributed by atoms with Gasteiger partial charge in [0.05, 0.1) is 6.33 Å². The Kier molecular flexibility index (Phi) is 6.48. The van der Waals surface area contributed by atoms with Crippen molar-refractivity contribution in [3.63, 3.8) is 0 Å². The fourth-order valence-corrected chi connectivity index (χ4v) is 3.48. The molecule has 0 aliphatic rings. The second kappa shape index (κ2) is 8.38. The highest BCUT2D eigenvalue weighted by molar-refractivity contribution is 8.00. The predicted octanol–water partition coefficient (Wildman–Crippen LogP) is 5.28. The van der Waals surface area contributed by atoms with Crippen LogP contribution in [0, 0.1) is 0 Å². The van der Waals surface area contributed by atoms with Crippen molar-refractivity contribution in [1.29, 1.82) is 0 Å². The molecule has 0 saturated heterocycles. The lowest BCUT2D eigenvalue weighted by Gasteiger charge is -2.17. The van der Waals surface area contributed by atoms with Crippen LogP contribution in [0.2, 0.25) is 5.02 Å². The summed E-state index contributed by atoms with van der Waals surface area (Å²) in [6.45, 7) is 3.26. The number of hydrogen-bond acceptors (Lipinski definition) is 2. The molecule has 2 rings (SSSR count). The summed E-state index contributed by atoms with van der Waals surface area (Å²) in [6, 6.07) is 8.13. The number of aromatic nitrogens is 2. The molecule has 0 amide bonds. The van der Waals surface area contributed by atoms with Gasteiger partial charge in [-0.15, -0.1) is 11.8 Å². The van der Waals surface area contributed by atoms with Gasteiger partial charge >= 0.3 is 0 Å². The number of halogens is 1. The molecule has 1 aromatic heterocycles.